The predicted molar refractivity (Wildman–Crippen MR) is 111 cm³/mol. The SMILES string of the molecule is CCC(CC)c1cc(CNC(=NC)NCCOCc2ccccc2OC)on1. The van der Waals surface area contributed by atoms with Crippen LogP contribution in [0.2, 0.25) is 0 Å². The molecule has 0 aliphatic heterocycles. The highest BCUT2D eigenvalue weighted by Crippen LogP contribution is 2.22. The number of nitrogens with zero attached hydrogens (tertiary/aromatic N) is 2. The number of nitrogens with one attached hydrogen (secondary N) is 2. The summed E-state index contributed by atoms with van der Waals surface area (Å²) in [5.41, 5.74) is 2.06. The Morgan fingerprint density at radius 1 is 1.21 bits per heavy atom. The molecule has 1 aromatic heterocycles. The van der Waals surface area contributed by atoms with Gasteiger partial charge in [-0.05, 0) is 18.9 Å². The average Bonchev–Trinajstić information content (AvgIpc) is 3.20. The van der Waals surface area contributed by atoms with Gasteiger partial charge in [-0.25, -0.2) is 0 Å². The van der Waals surface area contributed by atoms with Gasteiger partial charge in [-0.2, -0.15) is 0 Å². The van der Waals surface area contributed by atoms with Gasteiger partial charge in [0.05, 0.1) is 32.6 Å². The first kappa shape index (κ1) is 21.8. The molecule has 0 saturated heterocycles. The standard InChI is InChI=1S/C21H32N4O3/c1-5-16(6-2)19-13-18(28-25-19)14-24-21(22-3)23-11-12-27-15-17-9-7-8-10-20(17)26-4/h7-10,13,16H,5-6,11-12,14-15H2,1-4H3,(H2,22,23,24). The lowest BCUT2D eigenvalue weighted by Crippen LogP contribution is -2.38. The zero-order chi connectivity index (χ0) is 20.2. The molecule has 0 amide bonds. The molecule has 1 aromatic carbocycles. The van der Waals surface area contributed by atoms with Crippen LogP contribution in [0.25, 0.3) is 0 Å². The molecular weight excluding hydrogens is 356 g/mol. The van der Waals surface area contributed by atoms with Crippen LogP contribution < -0.4 is 15.4 Å². The van der Waals surface area contributed by atoms with Crippen LogP contribution in [0.5, 0.6) is 5.75 Å². The van der Waals surface area contributed by atoms with Crippen LogP contribution in [0.1, 0.15) is 49.6 Å². The average molecular weight is 389 g/mol. The maximum Gasteiger partial charge on any atom is 0.191 e. The van der Waals surface area contributed by atoms with Crippen molar-refractivity contribution in [2.45, 2.75) is 45.8 Å². The highest BCUT2D eigenvalue weighted by molar-refractivity contribution is 5.79. The van der Waals surface area contributed by atoms with Crippen LogP contribution in [-0.2, 0) is 17.9 Å². The summed E-state index contributed by atoms with van der Waals surface area (Å²) < 4.78 is 16.5. The van der Waals surface area contributed by atoms with E-state index in [1.807, 2.05) is 30.3 Å². The smallest absolute Gasteiger partial charge is 0.191 e. The summed E-state index contributed by atoms with van der Waals surface area (Å²) >= 11 is 0. The summed E-state index contributed by atoms with van der Waals surface area (Å²) in [6.07, 6.45) is 2.13. The van der Waals surface area contributed by atoms with Crippen LogP contribution >= 0.6 is 0 Å². The Balaban J connectivity index is 1.69. The van der Waals surface area contributed by atoms with Gasteiger partial charge in [0.2, 0.25) is 0 Å². The van der Waals surface area contributed by atoms with E-state index in [0.29, 0.717) is 38.2 Å². The Kier molecular flexibility index (Phi) is 9.34. The number of rotatable bonds is 11. The minimum Gasteiger partial charge on any atom is -0.496 e. The number of aliphatic imine (C=N–C) groups is 1. The van der Waals surface area contributed by atoms with Crippen LogP contribution in [0.4, 0.5) is 0 Å². The maximum atomic E-state index is 5.72. The molecule has 0 bridgehead atoms. The molecule has 0 saturated carbocycles. The minimum atomic E-state index is 0.454. The molecule has 7 nitrogen and oxygen atoms in total. The van der Waals surface area contributed by atoms with Crippen LogP contribution in [0, 0.1) is 0 Å². The maximum absolute atomic E-state index is 5.72. The molecule has 7 heteroatoms. The lowest BCUT2D eigenvalue weighted by atomic mass is 9.99. The molecule has 2 N–H and O–H groups in total. The number of benzene rings is 1. The van der Waals surface area contributed by atoms with Gasteiger partial charge < -0.3 is 24.6 Å². The Bertz CT molecular complexity index is 726. The van der Waals surface area contributed by atoms with Crippen molar-refractivity contribution in [3.05, 3.63) is 47.3 Å². The second-order valence-corrected chi connectivity index (χ2v) is 6.45. The molecule has 0 spiro atoms. The van der Waals surface area contributed by atoms with Crippen molar-refractivity contribution in [1.82, 2.24) is 15.8 Å². The fourth-order valence-corrected chi connectivity index (χ4v) is 2.95. The Morgan fingerprint density at radius 2 is 2.00 bits per heavy atom. The number of aromatic nitrogens is 1. The van der Waals surface area contributed by atoms with Crippen LogP contribution in [0.15, 0.2) is 39.8 Å². The fourth-order valence-electron chi connectivity index (χ4n) is 2.95. The highest BCUT2D eigenvalue weighted by Gasteiger charge is 2.13. The van der Waals surface area contributed by atoms with E-state index in [4.69, 9.17) is 14.0 Å². The third kappa shape index (κ3) is 6.56. The summed E-state index contributed by atoms with van der Waals surface area (Å²) in [6, 6.07) is 9.88. The van der Waals surface area contributed by atoms with Crippen LogP contribution in [-0.4, -0.2) is 38.4 Å². The Hall–Kier alpha value is -2.54. The Morgan fingerprint density at radius 3 is 2.71 bits per heavy atom. The van der Waals surface area contributed by atoms with Crippen molar-refractivity contribution < 1.29 is 14.0 Å². The summed E-state index contributed by atoms with van der Waals surface area (Å²) in [6.45, 7) is 6.58. The second-order valence-electron chi connectivity index (χ2n) is 6.45. The molecule has 0 radical (unpaired) electrons. The van der Waals surface area contributed by atoms with E-state index in [0.717, 1.165) is 35.6 Å². The van der Waals surface area contributed by atoms with Crippen molar-refractivity contribution in [2.75, 3.05) is 27.3 Å². The molecule has 28 heavy (non-hydrogen) atoms. The molecule has 2 aromatic rings. The number of para-hydroxylation sites is 1. The van der Waals surface area contributed by atoms with Crippen molar-refractivity contribution in [3.8, 4) is 5.75 Å². The van der Waals surface area contributed by atoms with Gasteiger partial charge in [-0.3, -0.25) is 4.99 Å². The highest BCUT2D eigenvalue weighted by atomic mass is 16.5. The van der Waals surface area contributed by atoms with E-state index in [9.17, 15) is 0 Å². The van der Waals surface area contributed by atoms with Gasteiger partial charge >= 0.3 is 0 Å². The largest absolute Gasteiger partial charge is 0.496 e. The van der Waals surface area contributed by atoms with E-state index in [2.05, 4.69) is 34.6 Å². The van der Waals surface area contributed by atoms with Gasteiger partial charge in [0.15, 0.2) is 11.7 Å². The second kappa shape index (κ2) is 12.0. The summed E-state index contributed by atoms with van der Waals surface area (Å²) in [5, 5.41) is 10.6. The van der Waals surface area contributed by atoms with Crippen molar-refractivity contribution in [2.24, 2.45) is 4.99 Å². The quantitative estimate of drug-likeness (QED) is 0.349. The monoisotopic (exact) mass is 388 g/mol. The molecular formula is C21H32N4O3. The first-order valence-corrected chi connectivity index (χ1v) is 9.81. The van der Waals surface area contributed by atoms with E-state index in [1.165, 1.54) is 0 Å². The van der Waals surface area contributed by atoms with Gasteiger partial charge in [0.25, 0.3) is 0 Å². The molecule has 0 fully saturated rings. The van der Waals surface area contributed by atoms with Gasteiger partial charge in [0, 0.05) is 31.1 Å². The van der Waals surface area contributed by atoms with E-state index in [-0.39, 0.29) is 0 Å². The molecule has 2 rings (SSSR count). The van der Waals surface area contributed by atoms with Gasteiger partial charge in [-0.15, -0.1) is 0 Å². The van der Waals surface area contributed by atoms with E-state index >= 15 is 0 Å². The first-order valence-electron chi connectivity index (χ1n) is 9.81. The molecule has 154 valence electrons. The molecule has 0 aliphatic rings. The normalized spacial score (nSPS) is 11.7. The summed E-state index contributed by atoms with van der Waals surface area (Å²) in [4.78, 5) is 4.22. The number of hydrogen-bond acceptors (Lipinski definition) is 5. The third-order valence-electron chi connectivity index (χ3n) is 4.62. The molecule has 0 aliphatic carbocycles. The summed E-state index contributed by atoms with van der Waals surface area (Å²) in [5.74, 6) is 2.79. The zero-order valence-corrected chi connectivity index (χ0v) is 17.3. The third-order valence-corrected chi connectivity index (χ3v) is 4.62. The minimum absolute atomic E-state index is 0.454. The van der Waals surface area contributed by atoms with Crippen molar-refractivity contribution >= 4 is 5.96 Å². The zero-order valence-electron chi connectivity index (χ0n) is 17.3. The molecule has 0 unspecified atom stereocenters. The van der Waals surface area contributed by atoms with Gasteiger partial charge in [0.1, 0.15) is 5.75 Å². The lowest BCUT2D eigenvalue weighted by molar-refractivity contribution is 0.123. The molecule has 1 heterocycles. The Labute approximate surface area is 167 Å². The number of ether oxygens (including phenoxy) is 2. The van der Waals surface area contributed by atoms with Crippen LogP contribution in [0.3, 0.4) is 0 Å². The van der Waals surface area contributed by atoms with E-state index < -0.39 is 0 Å². The summed E-state index contributed by atoms with van der Waals surface area (Å²) in [7, 11) is 3.40. The molecule has 0 atom stereocenters. The number of guanidine groups is 1. The number of hydrogen-bond donors (Lipinski definition) is 2. The van der Waals surface area contributed by atoms with Crippen molar-refractivity contribution in [1.29, 1.82) is 0 Å². The topological polar surface area (TPSA) is 80.9 Å². The fraction of sp³-hybridized carbons (Fsp3) is 0.524. The lowest BCUT2D eigenvalue weighted by Gasteiger charge is -2.12. The van der Waals surface area contributed by atoms with Gasteiger partial charge in [-0.1, -0.05) is 37.2 Å². The van der Waals surface area contributed by atoms with E-state index in [1.54, 1.807) is 14.2 Å². The first-order chi connectivity index (χ1) is 13.7. The van der Waals surface area contributed by atoms with Crippen molar-refractivity contribution in [3.63, 3.8) is 0 Å². The number of methoxy groups -OCH3 is 1. The predicted octanol–water partition coefficient (Wildman–Crippen LogP) is 3.47.